The maximum atomic E-state index is 14.3. The molecule has 2 aromatic heterocycles. The van der Waals surface area contributed by atoms with Gasteiger partial charge in [-0.3, -0.25) is 4.98 Å². The predicted molar refractivity (Wildman–Crippen MR) is 126 cm³/mol. The van der Waals surface area contributed by atoms with Gasteiger partial charge < -0.3 is 10.6 Å². The average Bonchev–Trinajstić information content (AvgIpc) is 3.10. The third kappa shape index (κ3) is 4.49. The van der Waals surface area contributed by atoms with E-state index in [1.165, 1.54) is 22.4 Å². The van der Waals surface area contributed by atoms with Crippen molar-refractivity contribution >= 4 is 60.6 Å². The van der Waals surface area contributed by atoms with E-state index in [9.17, 15) is 17.2 Å². The van der Waals surface area contributed by atoms with E-state index in [0.29, 0.717) is 17.7 Å². The molecule has 0 radical (unpaired) electrons. The number of halogens is 4. The molecule has 0 aliphatic carbocycles. The van der Waals surface area contributed by atoms with E-state index in [-0.39, 0.29) is 27.5 Å². The normalized spacial score (nSPS) is 11.4. The molecule has 6 nitrogen and oxygen atoms in total. The maximum Gasteiger partial charge on any atom is 0.269 e. The number of fused-ring (bicyclic) bond motifs is 1. The molecule has 0 fully saturated rings. The number of anilines is 2. The highest BCUT2D eigenvalue weighted by Gasteiger charge is 2.22. The molecule has 0 saturated carbocycles. The zero-order valence-corrected chi connectivity index (χ0v) is 19.9. The van der Waals surface area contributed by atoms with Gasteiger partial charge in [-0.2, -0.15) is 0 Å². The molecule has 0 unspecified atom stereocenters. The molecule has 0 amide bonds. The van der Waals surface area contributed by atoms with Crippen molar-refractivity contribution in [2.75, 3.05) is 12.4 Å². The molecule has 0 spiro atoms. The molecular weight excluding hydrogens is 526 g/mol. The van der Waals surface area contributed by atoms with Gasteiger partial charge in [0.05, 0.1) is 11.2 Å². The standard InChI is InChI=1S/C21H17BrF2N4O2S.ClH/c1-25-10-13-12-28(31(29,30)16-3-2-6-26-11-16)20-9-15(4-5-17(13)20)27-21-18(22)7-14(23)8-19(21)24;/h2-9,11-12,25,27H,10H2,1H3;1H. The van der Waals surface area contributed by atoms with Gasteiger partial charge in [-0.15, -0.1) is 12.4 Å². The topological polar surface area (TPSA) is 76.0 Å². The minimum Gasteiger partial charge on any atom is -0.352 e. The molecular formula is C21H18BrClF2N4O2S. The van der Waals surface area contributed by atoms with Crippen molar-refractivity contribution in [1.82, 2.24) is 14.3 Å². The second kappa shape index (κ2) is 9.53. The Morgan fingerprint density at radius 3 is 2.59 bits per heavy atom. The summed E-state index contributed by atoms with van der Waals surface area (Å²) in [6, 6.07) is 10.0. The maximum absolute atomic E-state index is 14.3. The fourth-order valence-corrected chi connectivity index (χ4v) is 5.15. The van der Waals surface area contributed by atoms with Crippen molar-refractivity contribution in [2.45, 2.75) is 11.4 Å². The monoisotopic (exact) mass is 542 g/mol. The highest BCUT2D eigenvalue weighted by atomic mass is 79.9. The van der Waals surface area contributed by atoms with Crippen LogP contribution in [0.25, 0.3) is 10.9 Å². The van der Waals surface area contributed by atoms with Crippen molar-refractivity contribution in [3.05, 3.63) is 82.7 Å². The van der Waals surface area contributed by atoms with Crippen LogP contribution in [0.2, 0.25) is 0 Å². The van der Waals surface area contributed by atoms with Gasteiger partial charge in [0.25, 0.3) is 10.0 Å². The molecule has 0 saturated heterocycles. The van der Waals surface area contributed by atoms with Gasteiger partial charge in [0.1, 0.15) is 10.7 Å². The van der Waals surface area contributed by atoms with E-state index in [0.717, 1.165) is 23.1 Å². The molecule has 0 atom stereocenters. The first kappa shape index (κ1) is 24.1. The molecule has 4 rings (SSSR count). The number of nitrogens with zero attached hydrogens (tertiary/aromatic N) is 2. The molecule has 168 valence electrons. The number of benzene rings is 2. The smallest absolute Gasteiger partial charge is 0.269 e. The fourth-order valence-electron chi connectivity index (χ4n) is 3.29. The molecule has 4 aromatic rings. The summed E-state index contributed by atoms with van der Waals surface area (Å²) < 4.78 is 55.6. The average molecular weight is 544 g/mol. The first-order valence-electron chi connectivity index (χ1n) is 9.17. The fraction of sp³-hybridized carbons (Fsp3) is 0.0952. The Kier molecular flexibility index (Phi) is 7.19. The number of nitrogens with one attached hydrogen (secondary N) is 2. The van der Waals surface area contributed by atoms with Crippen LogP contribution in [-0.4, -0.2) is 24.4 Å². The molecule has 0 aliphatic heterocycles. The second-order valence-corrected chi connectivity index (χ2v) is 9.44. The van der Waals surface area contributed by atoms with Gasteiger partial charge in [-0.25, -0.2) is 21.2 Å². The number of rotatable bonds is 6. The van der Waals surface area contributed by atoms with E-state index in [1.54, 1.807) is 37.5 Å². The van der Waals surface area contributed by atoms with E-state index < -0.39 is 21.7 Å². The van der Waals surface area contributed by atoms with Crippen LogP contribution in [0.5, 0.6) is 0 Å². The lowest BCUT2D eigenvalue weighted by Gasteiger charge is -2.12. The molecule has 32 heavy (non-hydrogen) atoms. The van der Waals surface area contributed by atoms with Crippen molar-refractivity contribution in [1.29, 1.82) is 0 Å². The quantitative estimate of drug-likeness (QED) is 0.350. The summed E-state index contributed by atoms with van der Waals surface area (Å²) in [6.07, 6.45) is 4.34. The minimum absolute atomic E-state index is 0. The van der Waals surface area contributed by atoms with E-state index >= 15 is 0 Å². The Bertz CT molecular complexity index is 1360. The van der Waals surface area contributed by atoms with Gasteiger partial charge in [0, 0.05) is 46.7 Å². The summed E-state index contributed by atoms with van der Waals surface area (Å²) in [4.78, 5) is 3.95. The van der Waals surface area contributed by atoms with E-state index in [1.807, 2.05) is 0 Å². The lowest BCUT2D eigenvalue weighted by molar-refractivity contribution is 0.584. The minimum atomic E-state index is -3.91. The van der Waals surface area contributed by atoms with E-state index in [2.05, 4.69) is 31.5 Å². The summed E-state index contributed by atoms with van der Waals surface area (Å²) in [5.74, 6) is -1.49. The van der Waals surface area contributed by atoms with Crippen LogP contribution in [0.3, 0.4) is 0 Å². The van der Waals surface area contributed by atoms with Crippen molar-refractivity contribution < 1.29 is 17.2 Å². The summed E-state index contributed by atoms with van der Waals surface area (Å²) in [6.45, 7) is 0.455. The summed E-state index contributed by atoms with van der Waals surface area (Å²) >= 11 is 3.15. The second-order valence-electron chi connectivity index (χ2n) is 6.78. The van der Waals surface area contributed by atoms with Crippen molar-refractivity contribution in [3.63, 3.8) is 0 Å². The molecule has 2 N–H and O–H groups in total. The highest BCUT2D eigenvalue weighted by molar-refractivity contribution is 9.10. The van der Waals surface area contributed by atoms with Crippen LogP contribution in [0.4, 0.5) is 20.2 Å². The number of hydrogen-bond donors (Lipinski definition) is 2. The summed E-state index contributed by atoms with van der Waals surface area (Å²) in [5.41, 5.74) is 1.68. The molecule has 11 heteroatoms. The van der Waals surface area contributed by atoms with Crippen LogP contribution < -0.4 is 10.6 Å². The Morgan fingerprint density at radius 2 is 1.94 bits per heavy atom. The van der Waals surface area contributed by atoms with Crippen LogP contribution in [0.1, 0.15) is 5.56 Å². The Balaban J connectivity index is 0.00000289. The Morgan fingerprint density at radius 1 is 1.16 bits per heavy atom. The third-order valence-corrected chi connectivity index (χ3v) is 6.97. The van der Waals surface area contributed by atoms with Crippen LogP contribution >= 0.6 is 28.3 Å². The molecule has 0 aliphatic rings. The lowest BCUT2D eigenvalue weighted by Crippen LogP contribution is -2.12. The van der Waals surface area contributed by atoms with Crippen LogP contribution in [-0.2, 0) is 16.6 Å². The lowest BCUT2D eigenvalue weighted by atomic mass is 10.1. The van der Waals surface area contributed by atoms with Crippen LogP contribution in [0.15, 0.2) is 70.4 Å². The van der Waals surface area contributed by atoms with Gasteiger partial charge in [0.2, 0.25) is 0 Å². The van der Waals surface area contributed by atoms with Crippen LogP contribution in [0, 0.1) is 11.6 Å². The molecule has 0 bridgehead atoms. The number of aromatic nitrogens is 2. The highest BCUT2D eigenvalue weighted by Crippen LogP contribution is 2.33. The van der Waals surface area contributed by atoms with Crippen molar-refractivity contribution in [2.24, 2.45) is 0 Å². The van der Waals surface area contributed by atoms with Gasteiger partial charge in [-0.05, 0) is 58.9 Å². The van der Waals surface area contributed by atoms with Crippen molar-refractivity contribution in [3.8, 4) is 0 Å². The van der Waals surface area contributed by atoms with E-state index in [4.69, 9.17) is 0 Å². The molecule has 2 aromatic carbocycles. The number of pyridine rings is 1. The zero-order valence-electron chi connectivity index (χ0n) is 16.6. The SMILES string of the molecule is CNCc1cn(S(=O)(=O)c2cccnc2)c2cc(Nc3c(F)cc(F)cc3Br)ccc12.Cl. The largest absolute Gasteiger partial charge is 0.352 e. The molecule has 2 heterocycles. The summed E-state index contributed by atoms with van der Waals surface area (Å²) in [7, 11) is -2.14. The van der Waals surface area contributed by atoms with Gasteiger partial charge in [-0.1, -0.05) is 6.07 Å². The third-order valence-electron chi connectivity index (χ3n) is 4.69. The number of hydrogen-bond acceptors (Lipinski definition) is 5. The first-order valence-corrected chi connectivity index (χ1v) is 11.4. The van der Waals surface area contributed by atoms with Gasteiger partial charge >= 0.3 is 0 Å². The Hall–Kier alpha value is -2.53. The predicted octanol–water partition coefficient (Wildman–Crippen LogP) is 5.20. The Labute approximate surface area is 198 Å². The zero-order chi connectivity index (χ0) is 22.2. The summed E-state index contributed by atoms with van der Waals surface area (Å²) in [5, 5.41) is 6.65. The first-order chi connectivity index (χ1) is 14.8. The van der Waals surface area contributed by atoms with Gasteiger partial charge in [0.15, 0.2) is 5.82 Å².